The van der Waals surface area contributed by atoms with Crippen LogP contribution in [0.4, 0.5) is 23.7 Å². The van der Waals surface area contributed by atoms with Gasteiger partial charge in [0.2, 0.25) is 0 Å². The van der Waals surface area contributed by atoms with Crippen molar-refractivity contribution in [1.82, 2.24) is 29.3 Å². The Labute approximate surface area is 204 Å². The molecule has 9 nitrogen and oxygen atoms in total. The first-order chi connectivity index (χ1) is 17.2. The van der Waals surface area contributed by atoms with E-state index in [1.807, 2.05) is 19.4 Å². The lowest BCUT2D eigenvalue weighted by Crippen LogP contribution is -2.49. The number of anilines is 1. The smallest absolute Gasteiger partial charge is 0.416 e. The number of alkyl halides is 3. The number of rotatable bonds is 4. The first-order valence-electron chi connectivity index (χ1n) is 11.4. The van der Waals surface area contributed by atoms with E-state index in [1.165, 1.54) is 12.1 Å². The van der Waals surface area contributed by atoms with Crippen LogP contribution in [0.5, 0.6) is 0 Å². The van der Waals surface area contributed by atoms with Gasteiger partial charge in [-0.05, 0) is 24.6 Å². The largest absolute Gasteiger partial charge is 0.442 e. The first-order valence-corrected chi connectivity index (χ1v) is 11.4. The van der Waals surface area contributed by atoms with Crippen LogP contribution in [-0.4, -0.2) is 61.6 Å². The van der Waals surface area contributed by atoms with Crippen LogP contribution in [0.15, 0.2) is 55.2 Å². The average molecular weight is 499 g/mol. The summed E-state index contributed by atoms with van der Waals surface area (Å²) >= 11 is 0. The summed E-state index contributed by atoms with van der Waals surface area (Å²) in [7, 11) is 1.85. The third-order valence-electron chi connectivity index (χ3n) is 6.24. The van der Waals surface area contributed by atoms with E-state index in [2.05, 4.69) is 20.1 Å². The fourth-order valence-corrected chi connectivity index (χ4v) is 4.17. The molecule has 1 aromatic carbocycles. The summed E-state index contributed by atoms with van der Waals surface area (Å²) in [6, 6.07) is 4.64. The van der Waals surface area contributed by atoms with Crippen LogP contribution in [0.25, 0.3) is 16.8 Å². The number of halogens is 3. The van der Waals surface area contributed by atoms with Gasteiger partial charge in [-0.15, -0.1) is 0 Å². The summed E-state index contributed by atoms with van der Waals surface area (Å²) in [6.07, 6.45) is 3.55. The van der Waals surface area contributed by atoms with Crippen LogP contribution in [0.2, 0.25) is 0 Å². The molecule has 4 aromatic rings. The zero-order valence-electron chi connectivity index (χ0n) is 19.7. The highest BCUT2D eigenvalue weighted by molar-refractivity contribution is 5.72. The van der Waals surface area contributed by atoms with Gasteiger partial charge >= 0.3 is 12.3 Å². The Kier molecular flexibility index (Phi) is 6.02. The molecule has 36 heavy (non-hydrogen) atoms. The highest BCUT2D eigenvalue weighted by atomic mass is 19.4. The number of hydrogen-bond acceptors (Lipinski definition) is 6. The van der Waals surface area contributed by atoms with Crippen LogP contribution in [0, 0.1) is 0 Å². The van der Waals surface area contributed by atoms with Gasteiger partial charge in [0.25, 0.3) is 0 Å². The molecule has 1 atom stereocenters. The number of piperazine rings is 1. The molecule has 0 spiro atoms. The third-order valence-corrected chi connectivity index (χ3v) is 6.24. The molecule has 3 aromatic heterocycles. The molecule has 1 amide bonds. The van der Waals surface area contributed by atoms with Crippen LogP contribution in [0.3, 0.4) is 0 Å². The average Bonchev–Trinajstić information content (AvgIpc) is 3.49. The van der Waals surface area contributed by atoms with Crippen molar-refractivity contribution in [2.24, 2.45) is 7.05 Å². The number of benzene rings is 1. The van der Waals surface area contributed by atoms with Crippen LogP contribution < -0.4 is 4.90 Å². The Morgan fingerprint density at radius 2 is 1.67 bits per heavy atom. The number of carbonyl (C=O) groups is 1. The summed E-state index contributed by atoms with van der Waals surface area (Å²) in [5.74, 6) is 0. The lowest BCUT2D eigenvalue weighted by molar-refractivity contribution is -0.137. The van der Waals surface area contributed by atoms with E-state index in [0.717, 1.165) is 34.6 Å². The monoisotopic (exact) mass is 499 g/mol. The second-order valence-electron chi connectivity index (χ2n) is 8.66. The van der Waals surface area contributed by atoms with Crippen molar-refractivity contribution in [1.29, 1.82) is 0 Å². The minimum atomic E-state index is -4.41. The quantitative estimate of drug-likeness (QED) is 0.419. The number of fused-ring (bicyclic) bond motifs is 1. The molecule has 12 heteroatoms. The van der Waals surface area contributed by atoms with Crippen LogP contribution in [0.1, 0.15) is 24.2 Å². The van der Waals surface area contributed by atoms with Gasteiger partial charge in [-0.3, -0.25) is 4.68 Å². The zero-order valence-corrected chi connectivity index (χ0v) is 19.7. The van der Waals surface area contributed by atoms with Gasteiger partial charge in [0.1, 0.15) is 11.8 Å². The van der Waals surface area contributed by atoms with Crippen molar-refractivity contribution in [3.05, 3.63) is 66.4 Å². The molecule has 188 valence electrons. The maximum Gasteiger partial charge on any atom is 0.416 e. The number of aryl methyl sites for hydroxylation is 1. The number of aromatic nitrogens is 5. The minimum absolute atomic E-state index is 0.434. The standard InChI is InChI=1S/C24H24F3N7O2/c1-16(17-3-5-20(6-4-17)24(25,26)27)36-23(35)33-9-7-32(8-10-33)21-13-30-34-15-18(11-28-22(21)34)19-12-29-31(2)14-19/h3-6,11-16H,7-10H2,1-2H3/t16-/m1/s1. The zero-order chi connectivity index (χ0) is 25.4. The minimum Gasteiger partial charge on any atom is -0.442 e. The lowest BCUT2D eigenvalue weighted by Gasteiger charge is -2.35. The molecule has 0 unspecified atom stereocenters. The molecule has 0 saturated carbocycles. The van der Waals surface area contributed by atoms with Crippen LogP contribution in [-0.2, 0) is 18.0 Å². The van der Waals surface area contributed by atoms with E-state index in [1.54, 1.807) is 39.6 Å². The normalized spacial score (nSPS) is 15.4. The van der Waals surface area contributed by atoms with Crippen molar-refractivity contribution in [3.8, 4) is 11.1 Å². The highest BCUT2D eigenvalue weighted by Gasteiger charge is 2.30. The predicted octanol–water partition coefficient (Wildman–Crippen LogP) is 4.17. The Bertz CT molecular complexity index is 1370. The van der Waals surface area contributed by atoms with Gasteiger partial charge in [0.05, 0.1) is 18.0 Å². The molecule has 1 aliphatic heterocycles. The molecule has 5 rings (SSSR count). The summed E-state index contributed by atoms with van der Waals surface area (Å²) in [5, 5.41) is 8.63. The Morgan fingerprint density at radius 1 is 0.972 bits per heavy atom. The maximum absolute atomic E-state index is 12.8. The molecular weight excluding hydrogens is 475 g/mol. The fourth-order valence-electron chi connectivity index (χ4n) is 4.17. The van der Waals surface area contributed by atoms with Crippen molar-refractivity contribution >= 4 is 17.4 Å². The predicted molar refractivity (Wildman–Crippen MR) is 125 cm³/mol. The number of amides is 1. The number of nitrogens with zero attached hydrogens (tertiary/aromatic N) is 7. The van der Waals surface area contributed by atoms with Crippen molar-refractivity contribution in [2.45, 2.75) is 19.2 Å². The molecule has 1 fully saturated rings. The summed E-state index contributed by atoms with van der Waals surface area (Å²) in [4.78, 5) is 21.0. The first kappa shape index (κ1) is 23.6. The summed E-state index contributed by atoms with van der Waals surface area (Å²) in [6.45, 7) is 3.64. The van der Waals surface area contributed by atoms with E-state index < -0.39 is 23.9 Å². The van der Waals surface area contributed by atoms with Gasteiger partial charge in [-0.25, -0.2) is 14.3 Å². The van der Waals surface area contributed by atoms with Crippen molar-refractivity contribution in [3.63, 3.8) is 0 Å². The summed E-state index contributed by atoms with van der Waals surface area (Å²) in [5.41, 5.74) is 3.20. The van der Waals surface area contributed by atoms with Crippen LogP contribution >= 0.6 is 0 Å². The van der Waals surface area contributed by atoms with E-state index in [4.69, 9.17) is 4.74 Å². The van der Waals surface area contributed by atoms with E-state index >= 15 is 0 Å². The molecule has 4 heterocycles. The van der Waals surface area contributed by atoms with Gasteiger partial charge in [0, 0.05) is 62.9 Å². The van der Waals surface area contributed by atoms with Crippen molar-refractivity contribution in [2.75, 3.05) is 31.1 Å². The van der Waals surface area contributed by atoms with Gasteiger partial charge in [-0.1, -0.05) is 12.1 Å². The lowest BCUT2D eigenvalue weighted by atomic mass is 10.1. The Hall–Kier alpha value is -4.09. The molecule has 1 saturated heterocycles. The summed E-state index contributed by atoms with van der Waals surface area (Å²) < 4.78 is 47.3. The second kappa shape index (κ2) is 9.17. The SMILES string of the molecule is C[C@@H](OC(=O)N1CCN(c2cnn3cc(-c4cnn(C)c4)cnc23)CC1)c1ccc(C(F)(F)F)cc1. The molecule has 0 N–H and O–H groups in total. The second-order valence-corrected chi connectivity index (χ2v) is 8.66. The number of carbonyl (C=O) groups excluding carboxylic acids is 1. The van der Waals surface area contributed by atoms with E-state index in [-0.39, 0.29) is 0 Å². The van der Waals surface area contributed by atoms with Gasteiger partial charge in [0.15, 0.2) is 5.65 Å². The Balaban J connectivity index is 1.19. The van der Waals surface area contributed by atoms with Gasteiger partial charge in [-0.2, -0.15) is 23.4 Å². The molecule has 0 bridgehead atoms. The van der Waals surface area contributed by atoms with E-state index in [0.29, 0.717) is 31.7 Å². The number of hydrogen-bond donors (Lipinski definition) is 0. The molecule has 0 radical (unpaired) electrons. The third kappa shape index (κ3) is 4.70. The molecule has 1 aliphatic rings. The van der Waals surface area contributed by atoms with Crippen molar-refractivity contribution < 1.29 is 22.7 Å². The maximum atomic E-state index is 12.8. The Morgan fingerprint density at radius 3 is 2.31 bits per heavy atom. The molecule has 0 aliphatic carbocycles. The fraction of sp³-hybridized carbons (Fsp3) is 0.333. The topological polar surface area (TPSA) is 80.8 Å². The van der Waals surface area contributed by atoms with Gasteiger partial charge < -0.3 is 14.5 Å². The molecular formula is C24H24F3N7O2. The van der Waals surface area contributed by atoms with E-state index in [9.17, 15) is 18.0 Å². The number of ether oxygens (including phenoxy) is 1. The highest BCUT2D eigenvalue weighted by Crippen LogP contribution is 2.30.